The highest BCUT2D eigenvalue weighted by molar-refractivity contribution is 8.16. The van der Waals surface area contributed by atoms with Crippen LogP contribution in [0, 0.1) is 0 Å². The smallest absolute Gasteiger partial charge is 0.342 e. The summed E-state index contributed by atoms with van der Waals surface area (Å²) in [5, 5.41) is 11.9. The van der Waals surface area contributed by atoms with Crippen LogP contribution in [0.15, 0.2) is 78.2 Å². The van der Waals surface area contributed by atoms with E-state index in [9.17, 15) is 19.5 Å². The number of hydrogen-bond donors (Lipinski definition) is 1. The van der Waals surface area contributed by atoms with E-state index in [1.807, 2.05) is 85.1 Å². The lowest BCUT2D eigenvalue weighted by atomic mass is 9.80. The van der Waals surface area contributed by atoms with Crippen molar-refractivity contribution in [1.82, 2.24) is 4.90 Å². The van der Waals surface area contributed by atoms with E-state index in [0.29, 0.717) is 6.42 Å². The van der Waals surface area contributed by atoms with Gasteiger partial charge in [0.25, 0.3) is 5.91 Å². The molecule has 9 heteroatoms. The molecule has 2 aliphatic rings. The fourth-order valence-corrected chi connectivity index (χ4v) is 9.60. The van der Waals surface area contributed by atoms with Crippen LogP contribution in [0.1, 0.15) is 35.3 Å². The first-order valence-electron chi connectivity index (χ1n) is 11.9. The van der Waals surface area contributed by atoms with Gasteiger partial charge < -0.3 is 9.84 Å². The van der Waals surface area contributed by atoms with Crippen LogP contribution in [0.25, 0.3) is 0 Å². The number of carboxylic acids is 1. The number of aliphatic carboxylic acids is 1. The van der Waals surface area contributed by atoms with Crippen molar-refractivity contribution < 1.29 is 24.2 Å². The molecular weight excluding hydrogens is 527 g/mol. The van der Waals surface area contributed by atoms with E-state index >= 15 is 0 Å². The fourth-order valence-electron chi connectivity index (χ4n) is 5.37. The minimum absolute atomic E-state index is 0.110. The van der Waals surface area contributed by atoms with Gasteiger partial charge in [-0.25, -0.2) is 4.79 Å². The Balaban J connectivity index is 1.58. The van der Waals surface area contributed by atoms with Gasteiger partial charge in [0, 0.05) is 17.9 Å². The zero-order valence-corrected chi connectivity index (χ0v) is 22.9. The summed E-state index contributed by atoms with van der Waals surface area (Å²) in [5.74, 6) is -1.71. The minimum atomic E-state index is -1.77. The zero-order valence-electron chi connectivity index (χ0n) is 20.4. The molecule has 4 atom stereocenters. The van der Waals surface area contributed by atoms with Gasteiger partial charge in [0.15, 0.2) is 11.2 Å². The van der Waals surface area contributed by atoms with Gasteiger partial charge in [-0.1, -0.05) is 66.7 Å². The summed E-state index contributed by atoms with van der Waals surface area (Å²) < 4.78 is 4.44. The predicted molar refractivity (Wildman–Crippen MR) is 148 cm³/mol. The van der Waals surface area contributed by atoms with Crippen molar-refractivity contribution in [1.29, 1.82) is 0 Å². The highest BCUT2D eigenvalue weighted by atomic mass is 32.2. The van der Waals surface area contributed by atoms with E-state index < -0.39 is 33.0 Å². The number of β-lactam (4-membered cyclic amide) rings is 1. The van der Waals surface area contributed by atoms with E-state index in [1.54, 1.807) is 0 Å². The number of methoxy groups -OCH3 is 1. The lowest BCUT2D eigenvalue weighted by Crippen LogP contribution is -2.72. The molecule has 2 saturated heterocycles. The number of carbonyl (C=O) groups excluding carboxylic acids is 2. The van der Waals surface area contributed by atoms with Crippen molar-refractivity contribution in [3.05, 3.63) is 94.2 Å². The highest BCUT2D eigenvalue weighted by Gasteiger charge is 2.75. The first-order chi connectivity index (χ1) is 17.8. The van der Waals surface area contributed by atoms with Gasteiger partial charge in [0.2, 0.25) is 4.87 Å². The summed E-state index contributed by atoms with van der Waals surface area (Å²) in [6, 6.07) is 23.7. The van der Waals surface area contributed by atoms with Crippen LogP contribution in [0.4, 0.5) is 0 Å². The predicted octanol–water partition coefficient (Wildman–Crippen LogP) is 5.24. The Hall–Kier alpha value is -2.59. The van der Waals surface area contributed by atoms with Gasteiger partial charge >= 0.3 is 5.97 Å². The van der Waals surface area contributed by atoms with E-state index in [1.165, 1.54) is 35.1 Å². The molecule has 3 aromatic rings. The number of amides is 1. The molecule has 2 aliphatic heterocycles. The number of ether oxygens (including phenoxy) is 1. The summed E-state index contributed by atoms with van der Waals surface area (Å²) in [4.78, 5) is 40.3. The van der Waals surface area contributed by atoms with E-state index in [-0.39, 0.29) is 17.5 Å². The normalized spacial score (nSPS) is 26.7. The van der Waals surface area contributed by atoms with Gasteiger partial charge in [-0.2, -0.15) is 0 Å². The summed E-state index contributed by atoms with van der Waals surface area (Å²) in [6.07, 6.45) is -0.210. The number of carbonyl (C=O) groups is 3. The fraction of sp³-hybridized carbons (Fsp3) is 0.321. The van der Waals surface area contributed by atoms with Crippen molar-refractivity contribution in [3.63, 3.8) is 0 Å². The summed E-state index contributed by atoms with van der Waals surface area (Å²) in [5.41, 5.74) is 2.10. The van der Waals surface area contributed by atoms with E-state index in [4.69, 9.17) is 4.74 Å². The molecule has 3 heterocycles. The average molecular weight is 554 g/mol. The van der Waals surface area contributed by atoms with Crippen LogP contribution in [0.3, 0.4) is 0 Å². The van der Waals surface area contributed by atoms with Crippen LogP contribution >= 0.6 is 34.9 Å². The molecule has 2 aromatic carbocycles. The molecule has 0 aliphatic carbocycles. The quantitative estimate of drug-likeness (QED) is 0.363. The summed E-state index contributed by atoms with van der Waals surface area (Å²) in [6.45, 7) is 1.88. The molecular formula is C28H27NO5S3. The number of nitrogens with zero attached hydrogens (tertiary/aromatic N) is 1. The average Bonchev–Trinajstić information content (AvgIpc) is 3.47. The van der Waals surface area contributed by atoms with Crippen LogP contribution < -0.4 is 0 Å². The molecule has 1 unspecified atom stereocenters. The largest absolute Gasteiger partial charge is 0.479 e. The molecule has 1 aromatic heterocycles. The molecule has 1 N–H and O–H groups in total. The Morgan fingerprint density at radius 3 is 2.19 bits per heavy atom. The third-order valence-corrected chi connectivity index (χ3v) is 11.3. The van der Waals surface area contributed by atoms with Gasteiger partial charge in [0.1, 0.15) is 5.37 Å². The van der Waals surface area contributed by atoms with Crippen molar-refractivity contribution in [2.45, 2.75) is 46.8 Å². The van der Waals surface area contributed by atoms with Gasteiger partial charge in [0.05, 0.1) is 11.2 Å². The van der Waals surface area contributed by atoms with Crippen LogP contribution in [0.2, 0.25) is 0 Å². The zero-order chi connectivity index (χ0) is 26.2. The molecule has 192 valence electrons. The Kier molecular flexibility index (Phi) is 7.24. The summed E-state index contributed by atoms with van der Waals surface area (Å²) in [7, 11) is 1.46. The second kappa shape index (κ2) is 10.3. The van der Waals surface area contributed by atoms with Crippen molar-refractivity contribution >= 4 is 51.9 Å². The Labute approximate surface area is 228 Å². The number of hydrogen-bond acceptors (Lipinski definition) is 7. The molecule has 2 fully saturated rings. The SMILES string of the molecule is CO[C@@H]1C(=O)N2[C@@H]1SC(C)(CC(c1ccccc1)c1ccccc1)[C@]2(SC(=O)Cc1cccs1)C(=O)O. The molecule has 6 nitrogen and oxygen atoms in total. The number of benzene rings is 2. The van der Waals surface area contributed by atoms with Crippen LogP contribution in [-0.2, 0) is 25.5 Å². The van der Waals surface area contributed by atoms with Gasteiger partial charge in [-0.3, -0.25) is 14.5 Å². The molecule has 5 rings (SSSR count). The van der Waals surface area contributed by atoms with Crippen molar-refractivity contribution in [2.24, 2.45) is 0 Å². The molecule has 0 spiro atoms. The number of thiophene rings is 1. The first-order valence-corrected chi connectivity index (χ1v) is 14.5. The molecule has 1 amide bonds. The Morgan fingerprint density at radius 2 is 1.68 bits per heavy atom. The lowest BCUT2D eigenvalue weighted by molar-refractivity contribution is -0.175. The minimum Gasteiger partial charge on any atom is -0.479 e. The summed E-state index contributed by atoms with van der Waals surface area (Å²) >= 11 is 3.66. The van der Waals surface area contributed by atoms with Crippen LogP contribution in [0.5, 0.6) is 0 Å². The van der Waals surface area contributed by atoms with E-state index in [2.05, 4.69) is 0 Å². The molecule has 0 radical (unpaired) electrons. The molecule has 37 heavy (non-hydrogen) atoms. The van der Waals surface area contributed by atoms with Crippen LogP contribution in [-0.4, -0.2) is 55.2 Å². The highest BCUT2D eigenvalue weighted by Crippen LogP contribution is 2.64. The number of thioether (sulfide) groups is 2. The Morgan fingerprint density at radius 1 is 1.05 bits per heavy atom. The molecule has 0 bridgehead atoms. The number of fused-ring (bicyclic) bond motifs is 1. The second-order valence-electron chi connectivity index (χ2n) is 9.36. The maximum atomic E-state index is 13.4. The maximum absolute atomic E-state index is 13.4. The monoisotopic (exact) mass is 553 g/mol. The first kappa shape index (κ1) is 26.0. The van der Waals surface area contributed by atoms with Crippen molar-refractivity contribution in [3.8, 4) is 0 Å². The third-order valence-electron chi connectivity index (χ3n) is 7.13. The van der Waals surface area contributed by atoms with Gasteiger partial charge in [-0.05, 0) is 47.7 Å². The Bertz CT molecular complexity index is 1250. The van der Waals surface area contributed by atoms with Crippen molar-refractivity contribution in [2.75, 3.05) is 7.11 Å². The lowest BCUT2D eigenvalue weighted by Gasteiger charge is -2.49. The number of rotatable bonds is 9. The third kappa shape index (κ3) is 4.41. The number of carboxylic acid groups (broad SMARTS) is 1. The maximum Gasteiger partial charge on any atom is 0.342 e. The standard InChI is InChI=1S/C28H27NO5S3/c1-27(17-21(18-10-5-3-6-11-18)19-12-7-4-8-13-19)28(26(32)33,29-24(31)23(34-2)25(29)37-27)36-22(30)16-20-14-9-15-35-20/h3-15,21,23,25H,16-17H2,1-2H3,(H,32,33)/t23-,25-,27?,28-/m1/s1. The topological polar surface area (TPSA) is 83.9 Å². The van der Waals surface area contributed by atoms with E-state index in [0.717, 1.165) is 27.8 Å². The van der Waals surface area contributed by atoms with Gasteiger partial charge in [-0.15, -0.1) is 23.1 Å². The molecule has 0 saturated carbocycles. The second-order valence-corrected chi connectivity index (χ2v) is 13.3.